The van der Waals surface area contributed by atoms with Crippen LogP contribution in [0.25, 0.3) is 10.9 Å². The summed E-state index contributed by atoms with van der Waals surface area (Å²) in [6.45, 7) is 1.44. The standard InChI is InChI=1S/C22H24N4O3S2/c27-21(24-11-5-13-25-14-12-23-17-25)9-3-6-18-16-26(20-8-2-1-7-19(18)20)31(28,29)22-10-4-15-30-22/h1-2,4,7-8,10,12,14-17H,3,5-6,9,11,13H2,(H,24,27). The number of para-hydroxylation sites is 1. The molecule has 3 heterocycles. The summed E-state index contributed by atoms with van der Waals surface area (Å²) in [6, 6.07) is 10.8. The molecule has 0 unspecified atom stereocenters. The SMILES string of the molecule is O=C(CCCc1cn(S(=O)(=O)c2cccs2)c2ccccc12)NCCCn1ccnc1. The average Bonchev–Trinajstić information content (AvgIpc) is 3.53. The van der Waals surface area contributed by atoms with Gasteiger partial charge in [-0.25, -0.2) is 8.96 Å². The Labute approximate surface area is 185 Å². The van der Waals surface area contributed by atoms with E-state index in [-0.39, 0.29) is 5.91 Å². The second-order valence-corrected chi connectivity index (χ2v) is 10.3. The maximum absolute atomic E-state index is 13.0. The van der Waals surface area contributed by atoms with E-state index in [1.165, 1.54) is 15.3 Å². The summed E-state index contributed by atoms with van der Waals surface area (Å²) in [5.74, 6) is 0.0144. The molecular formula is C22H24N4O3S2. The molecule has 31 heavy (non-hydrogen) atoms. The number of rotatable bonds is 10. The third-order valence-electron chi connectivity index (χ3n) is 5.09. The number of hydrogen-bond acceptors (Lipinski definition) is 5. The molecule has 0 atom stereocenters. The first-order valence-electron chi connectivity index (χ1n) is 10.2. The Morgan fingerprint density at radius 2 is 2.00 bits per heavy atom. The molecule has 0 spiro atoms. The van der Waals surface area contributed by atoms with Crippen molar-refractivity contribution in [2.45, 2.75) is 36.4 Å². The van der Waals surface area contributed by atoms with Crippen LogP contribution in [-0.4, -0.2) is 34.4 Å². The molecule has 0 saturated heterocycles. The molecule has 3 aromatic heterocycles. The fraction of sp³-hybridized carbons (Fsp3) is 0.273. The molecule has 1 aromatic carbocycles. The predicted molar refractivity (Wildman–Crippen MR) is 122 cm³/mol. The topological polar surface area (TPSA) is 86.0 Å². The third-order valence-corrected chi connectivity index (χ3v) is 8.14. The maximum atomic E-state index is 13.0. The highest BCUT2D eigenvalue weighted by molar-refractivity contribution is 7.92. The van der Waals surface area contributed by atoms with E-state index in [1.807, 2.05) is 35.0 Å². The number of aryl methyl sites for hydroxylation is 2. The molecule has 7 nitrogen and oxygen atoms in total. The molecule has 0 aliphatic rings. The average molecular weight is 457 g/mol. The van der Waals surface area contributed by atoms with E-state index in [0.717, 1.165) is 23.9 Å². The Morgan fingerprint density at radius 1 is 1.13 bits per heavy atom. The van der Waals surface area contributed by atoms with Gasteiger partial charge in [0.1, 0.15) is 4.21 Å². The monoisotopic (exact) mass is 456 g/mol. The van der Waals surface area contributed by atoms with Crippen LogP contribution >= 0.6 is 11.3 Å². The molecule has 0 aliphatic heterocycles. The van der Waals surface area contributed by atoms with E-state index in [2.05, 4.69) is 10.3 Å². The van der Waals surface area contributed by atoms with Gasteiger partial charge in [-0.1, -0.05) is 24.3 Å². The summed E-state index contributed by atoms with van der Waals surface area (Å²) in [5, 5.41) is 5.61. The van der Waals surface area contributed by atoms with Crippen molar-refractivity contribution in [1.29, 1.82) is 0 Å². The number of amides is 1. The molecule has 0 aliphatic carbocycles. The maximum Gasteiger partial charge on any atom is 0.277 e. The number of imidazole rings is 1. The van der Waals surface area contributed by atoms with Crippen molar-refractivity contribution in [2.75, 3.05) is 6.54 Å². The lowest BCUT2D eigenvalue weighted by Gasteiger charge is -2.06. The molecule has 4 rings (SSSR count). The molecule has 9 heteroatoms. The largest absolute Gasteiger partial charge is 0.356 e. The molecule has 4 aromatic rings. The Hall–Kier alpha value is -2.91. The van der Waals surface area contributed by atoms with Crippen LogP contribution in [0.2, 0.25) is 0 Å². The summed E-state index contributed by atoms with van der Waals surface area (Å²) < 4.78 is 29.7. The molecule has 162 valence electrons. The fourth-order valence-corrected chi connectivity index (χ4v) is 6.03. The van der Waals surface area contributed by atoms with Crippen molar-refractivity contribution in [3.8, 4) is 0 Å². The lowest BCUT2D eigenvalue weighted by atomic mass is 10.1. The van der Waals surface area contributed by atoms with Crippen molar-refractivity contribution in [2.24, 2.45) is 0 Å². The number of carbonyl (C=O) groups excluding carboxylic acids is 1. The van der Waals surface area contributed by atoms with Gasteiger partial charge in [0.05, 0.1) is 11.8 Å². The number of benzene rings is 1. The zero-order valence-electron chi connectivity index (χ0n) is 17.0. The highest BCUT2D eigenvalue weighted by Crippen LogP contribution is 2.28. The van der Waals surface area contributed by atoms with Gasteiger partial charge in [-0.2, -0.15) is 8.42 Å². The zero-order chi connectivity index (χ0) is 21.7. The van der Waals surface area contributed by atoms with E-state index in [9.17, 15) is 13.2 Å². The summed E-state index contributed by atoms with van der Waals surface area (Å²) in [4.78, 5) is 16.1. The molecular weight excluding hydrogens is 432 g/mol. The first kappa shape index (κ1) is 21.3. The number of hydrogen-bond donors (Lipinski definition) is 1. The highest BCUT2D eigenvalue weighted by Gasteiger charge is 2.21. The van der Waals surface area contributed by atoms with Crippen molar-refractivity contribution in [1.82, 2.24) is 18.8 Å². The van der Waals surface area contributed by atoms with Crippen LogP contribution in [0.15, 0.2) is 70.9 Å². The third kappa shape index (κ3) is 4.88. The van der Waals surface area contributed by atoms with Gasteiger partial charge in [0.2, 0.25) is 5.91 Å². The van der Waals surface area contributed by atoms with E-state index < -0.39 is 10.0 Å². The van der Waals surface area contributed by atoms with Gasteiger partial charge >= 0.3 is 0 Å². The summed E-state index contributed by atoms with van der Waals surface area (Å²) in [6.07, 6.45) is 9.63. The molecule has 0 saturated carbocycles. The second-order valence-electron chi connectivity index (χ2n) is 7.26. The van der Waals surface area contributed by atoms with E-state index in [0.29, 0.717) is 35.5 Å². The number of nitrogens with one attached hydrogen (secondary N) is 1. The number of carbonyl (C=O) groups is 1. The Morgan fingerprint density at radius 3 is 2.77 bits per heavy atom. The van der Waals surface area contributed by atoms with Crippen LogP contribution < -0.4 is 5.32 Å². The van der Waals surface area contributed by atoms with Gasteiger partial charge < -0.3 is 9.88 Å². The van der Waals surface area contributed by atoms with Crippen molar-refractivity contribution in [3.63, 3.8) is 0 Å². The van der Waals surface area contributed by atoms with Crippen LogP contribution in [0.1, 0.15) is 24.8 Å². The van der Waals surface area contributed by atoms with Gasteiger partial charge in [0.15, 0.2) is 0 Å². The normalized spacial score (nSPS) is 11.7. The van der Waals surface area contributed by atoms with Gasteiger partial charge in [0.25, 0.3) is 10.0 Å². The molecule has 1 N–H and O–H groups in total. The Balaban J connectivity index is 1.36. The zero-order valence-corrected chi connectivity index (χ0v) is 18.6. The minimum Gasteiger partial charge on any atom is -0.356 e. The summed E-state index contributed by atoms with van der Waals surface area (Å²) in [7, 11) is -3.63. The highest BCUT2D eigenvalue weighted by atomic mass is 32.2. The number of thiophene rings is 1. The molecule has 0 fully saturated rings. The summed E-state index contributed by atoms with van der Waals surface area (Å²) in [5.41, 5.74) is 1.60. The van der Waals surface area contributed by atoms with Gasteiger partial charge in [0, 0.05) is 43.5 Å². The number of fused-ring (bicyclic) bond motifs is 1. The summed E-state index contributed by atoms with van der Waals surface area (Å²) >= 11 is 1.21. The molecule has 0 bridgehead atoms. The first-order valence-corrected chi connectivity index (χ1v) is 12.5. The van der Waals surface area contributed by atoms with Crippen LogP contribution in [0.3, 0.4) is 0 Å². The Kier molecular flexibility index (Phi) is 6.53. The van der Waals surface area contributed by atoms with E-state index >= 15 is 0 Å². The lowest BCUT2D eigenvalue weighted by molar-refractivity contribution is -0.121. The molecule has 1 amide bonds. The van der Waals surface area contributed by atoms with E-state index in [1.54, 1.807) is 36.2 Å². The van der Waals surface area contributed by atoms with Crippen molar-refractivity contribution in [3.05, 3.63) is 72.3 Å². The molecule has 0 radical (unpaired) electrons. The predicted octanol–water partition coefficient (Wildman–Crippen LogP) is 3.67. The first-order chi connectivity index (χ1) is 15.1. The van der Waals surface area contributed by atoms with E-state index in [4.69, 9.17) is 0 Å². The Bertz CT molecular complexity index is 1240. The van der Waals surface area contributed by atoms with Crippen molar-refractivity contribution >= 4 is 38.2 Å². The minimum atomic E-state index is -3.63. The smallest absolute Gasteiger partial charge is 0.277 e. The van der Waals surface area contributed by atoms with Crippen LogP contribution in [0.5, 0.6) is 0 Å². The quantitative estimate of drug-likeness (QED) is 0.369. The van der Waals surface area contributed by atoms with Gasteiger partial charge in [-0.05, 0) is 42.3 Å². The minimum absolute atomic E-state index is 0.0144. The van der Waals surface area contributed by atoms with Crippen molar-refractivity contribution < 1.29 is 13.2 Å². The number of aromatic nitrogens is 3. The number of nitrogens with zero attached hydrogens (tertiary/aromatic N) is 3. The van der Waals surface area contributed by atoms with Crippen LogP contribution in [-0.2, 0) is 27.8 Å². The second kappa shape index (κ2) is 9.49. The lowest BCUT2D eigenvalue weighted by Crippen LogP contribution is -2.24. The van der Waals surface area contributed by atoms with Gasteiger partial charge in [-0.3, -0.25) is 4.79 Å². The van der Waals surface area contributed by atoms with Crippen LogP contribution in [0, 0.1) is 0 Å². The van der Waals surface area contributed by atoms with Gasteiger partial charge in [-0.15, -0.1) is 11.3 Å². The fourth-order valence-electron chi connectivity index (χ4n) is 3.56. The van der Waals surface area contributed by atoms with Crippen LogP contribution in [0.4, 0.5) is 0 Å².